The molecule has 0 saturated carbocycles. The number of carbonyl (C=O) groups excluding carboxylic acids is 4. The number of piperidine rings is 2. The maximum atomic E-state index is 13.4. The predicted octanol–water partition coefficient (Wildman–Crippen LogP) is 6.22. The molecule has 4 N–H and O–H groups in total. The van der Waals surface area contributed by atoms with Crippen molar-refractivity contribution in [3.8, 4) is 17.6 Å². The lowest BCUT2D eigenvalue weighted by Crippen LogP contribution is -2.53. The summed E-state index contributed by atoms with van der Waals surface area (Å²) in [6, 6.07) is 16.7. The minimum atomic E-state index is -2.59. The Bertz CT molecular complexity index is 2790. The zero-order chi connectivity index (χ0) is 50.2. The van der Waals surface area contributed by atoms with Crippen LogP contribution in [-0.2, 0) is 25.5 Å². The molecule has 4 aliphatic heterocycles. The van der Waals surface area contributed by atoms with Crippen molar-refractivity contribution in [3.05, 3.63) is 94.1 Å². The number of rotatable bonds is 16. The molecule has 71 heavy (non-hydrogen) atoms. The Balaban J connectivity index is 0.866. The normalized spacial score (nSPS) is 18.1. The number of hydrogen-bond acceptors (Lipinski definition) is 14. The lowest BCUT2D eigenvalue weighted by atomic mass is 10.0. The van der Waals surface area contributed by atoms with Crippen LogP contribution in [0.1, 0.15) is 60.0 Å². The topological polar surface area (TPSA) is 185 Å². The van der Waals surface area contributed by atoms with Gasteiger partial charge in [-0.1, -0.05) is 36.1 Å². The lowest BCUT2D eigenvalue weighted by molar-refractivity contribution is -0.137. The second kappa shape index (κ2) is 23.0. The average molecular weight is 1050 g/mol. The number of anilines is 6. The number of ether oxygens (including phenoxy) is 1. The van der Waals surface area contributed by atoms with Crippen molar-refractivity contribution in [2.45, 2.75) is 57.2 Å². The Kier molecular flexibility index (Phi) is 16.6. The molecular formula is C52H63BrN11O6P. The first-order valence-corrected chi connectivity index (χ1v) is 27.6. The van der Waals surface area contributed by atoms with Crippen molar-refractivity contribution in [3.63, 3.8) is 0 Å². The number of piperazine rings is 1. The second-order valence-electron chi connectivity index (χ2n) is 19.0. The lowest BCUT2D eigenvalue weighted by Gasteiger charge is -2.43. The number of hydrogen-bond donors (Lipinski definition) is 4. The van der Waals surface area contributed by atoms with E-state index in [1.54, 1.807) is 43.7 Å². The maximum absolute atomic E-state index is 13.4. The molecule has 0 spiro atoms. The Labute approximate surface area is 424 Å². The fraction of sp³-hybridized carbons (Fsp3) is 0.423. The monoisotopic (exact) mass is 1050 g/mol. The first kappa shape index (κ1) is 51.3. The number of fused-ring (bicyclic) bond motifs is 1. The number of halogens is 1. The Morgan fingerprint density at radius 2 is 1.75 bits per heavy atom. The molecule has 1 aromatic heterocycles. The Morgan fingerprint density at radius 3 is 2.48 bits per heavy atom. The van der Waals surface area contributed by atoms with Gasteiger partial charge in [0.05, 0.1) is 34.3 Å². The van der Waals surface area contributed by atoms with E-state index in [0.717, 1.165) is 88.3 Å². The highest BCUT2D eigenvalue weighted by Crippen LogP contribution is 2.41. The van der Waals surface area contributed by atoms with Crippen molar-refractivity contribution in [2.75, 3.05) is 108 Å². The van der Waals surface area contributed by atoms with Gasteiger partial charge in [-0.05, 0) is 111 Å². The number of unbranched alkanes of at least 4 members (excludes halogenated alkanes) is 1. The van der Waals surface area contributed by atoms with E-state index in [-0.39, 0.29) is 24.1 Å². The van der Waals surface area contributed by atoms with E-state index >= 15 is 0 Å². The summed E-state index contributed by atoms with van der Waals surface area (Å²) in [7, 11) is 2.93. The van der Waals surface area contributed by atoms with Crippen molar-refractivity contribution in [2.24, 2.45) is 0 Å². The second-order valence-corrected chi connectivity index (χ2v) is 23.0. The number of carbonyl (C=O) groups is 4. The summed E-state index contributed by atoms with van der Waals surface area (Å²) < 4.78 is 19.7. The molecule has 3 fully saturated rings. The SMILES string of the molecule is COc1cc(N2CCC(N3CCN(CCCC#Cc4cccc5c4CN(C4CCC(=O)NC4=O)C5=O)CC3)CC2)c(NC(=O)/C=C/CN(C)C)cc1Nc1ncc(Br)c(Nc2ccccc2P(C)(C)=O)n1. The fourth-order valence-corrected chi connectivity index (χ4v) is 11.1. The van der Waals surface area contributed by atoms with Gasteiger partial charge in [-0.15, -0.1) is 0 Å². The third kappa shape index (κ3) is 12.7. The van der Waals surface area contributed by atoms with Gasteiger partial charge in [0.15, 0.2) is 0 Å². The van der Waals surface area contributed by atoms with Crippen LogP contribution in [0.2, 0.25) is 0 Å². The summed E-state index contributed by atoms with van der Waals surface area (Å²) >= 11 is 3.57. The van der Waals surface area contributed by atoms with Crippen LogP contribution in [0.25, 0.3) is 0 Å². The standard InChI is InChI=1S/C52H63BrN11O6P/c1-60(2)23-12-18-47(65)55-41-31-42(57-52-54-33-39(53)49(59-52)56-40-16-8-9-17-46(40)71(4,5)69)45(70-3)32-44(41)63-25-21-36(22-26-63)62-29-27-61(28-30-62)24-10-6-7-13-35-14-11-15-37-38(35)34-64(51(37)68)43-19-20-48(66)58-50(43)67/h8-9,11-12,14-18,31-33,36,43H,6,10,19-30,34H2,1-5H3,(H,55,65)(H,58,66,67)(H2,54,56,57,59)/b18-12+. The van der Waals surface area contributed by atoms with Crippen LogP contribution in [0.3, 0.4) is 0 Å². The van der Waals surface area contributed by atoms with Crippen LogP contribution in [0.5, 0.6) is 5.75 Å². The molecule has 374 valence electrons. The molecular weight excluding hydrogens is 986 g/mol. The number of nitrogens with zero attached hydrogens (tertiary/aromatic N) is 7. The third-order valence-corrected chi connectivity index (χ3v) is 15.5. The molecule has 0 radical (unpaired) electrons. The average Bonchev–Trinajstić information content (AvgIpc) is 3.68. The van der Waals surface area contributed by atoms with E-state index in [1.165, 1.54) is 0 Å². The molecule has 17 nitrogen and oxygen atoms in total. The minimum Gasteiger partial charge on any atom is -0.494 e. The zero-order valence-corrected chi connectivity index (χ0v) is 43.6. The molecule has 4 aromatic rings. The van der Waals surface area contributed by atoms with Crippen LogP contribution in [0.15, 0.2) is 77.4 Å². The van der Waals surface area contributed by atoms with Crippen molar-refractivity contribution in [1.29, 1.82) is 0 Å². The summed E-state index contributed by atoms with van der Waals surface area (Å²) in [5.41, 5.74) is 5.00. The molecule has 1 unspecified atom stereocenters. The molecule has 5 heterocycles. The quantitative estimate of drug-likeness (QED) is 0.0326. The van der Waals surface area contributed by atoms with Crippen molar-refractivity contribution >= 4 is 86.5 Å². The molecule has 3 saturated heterocycles. The number of benzene rings is 3. The first-order chi connectivity index (χ1) is 34.1. The van der Waals surface area contributed by atoms with Gasteiger partial charge in [0.2, 0.25) is 23.7 Å². The molecule has 0 bridgehead atoms. The smallest absolute Gasteiger partial charge is 0.255 e. The van der Waals surface area contributed by atoms with E-state index in [2.05, 4.69) is 68.7 Å². The summed E-state index contributed by atoms with van der Waals surface area (Å²) in [6.45, 7) is 11.0. The van der Waals surface area contributed by atoms with Gasteiger partial charge in [-0.25, -0.2) is 4.98 Å². The molecule has 3 aromatic carbocycles. The molecule has 1 atom stereocenters. The molecule has 8 rings (SSSR count). The molecule has 19 heteroatoms. The summed E-state index contributed by atoms with van der Waals surface area (Å²) in [4.78, 5) is 71.1. The van der Waals surface area contributed by atoms with Gasteiger partial charge in [0.25, 0.3) is 5.91 Å². The highest BCUT2D eigenvalue weighted by Gasteiger charge is 2.40. The third-order valence-electron chi connectivity index (χ3n) is 13.4. The van der Waals surface area contributed by atoms with Gasteiger partial charge in [0.1, 0.15) is 24.8 Å². The van der Waals surface area contributed by atoms with E-state index in [0.29, 0.717) is 75.5 Å². The van der Waals surface area contributed by atoms with Crippen LogP contribution in [-0.4, -0.2) is 152 Å². The number of amides is 4. The number of imide groups is 1. The first-order valence-electron chi connectivity index (χ1n) is 24.2. The van der Waals surface area contributed by atoms with Gasteiger partial charge in [0, 0.05) is 106 Å². The van der Waals surface area contributed by atoms with Crippen molar-refractivity contribution < 1.29 is 28.5 Å². The van der Waals surface area contributed by atoms with Gasteiger partial charge < -0.3 is 44.9 Å². The highest BCUT2D eigenvalue weighted by atomic mass is 79.9. The molecule has 4 amide bonds. The predicted molar refractivity (Wildman–Crippen MR) is 283 cm³/mol. The fourth-order valence-electron chi connectivity index (χ4n) is 9.63. The molecule has 4 aliphatic rings. The Hall–Kier alpha value is -6.09. The number of methoxy groups -OCH3 is 1. The highest BCUT2D eigenvalue weighted by molar-refractivity contribution is 9.10. The summed E-state index contributed by atoms with van der Waals surface area (Å²) in [5.74, 6) is 6.84. The van der Waals surface area contributed by atoms with E-state index < -0.39 is 19.1 Å². The summed E-state index contributed by atoms with van der Waals surface area (Å²) in [6.07, 6.45) is 9.22. The van der Waals surface area contributed by atoms with Crippen molar-refractivity contribution in [1.82, 2.24) is 34.9 Å². The Morgan fingerprint density at radius 1 is 0.972 bits per heavy atom. The van der Waals surface area contributed by atoms with Crippen LogP contribution >= 0.6 is 23.1 Å². The van der Waals surface area contributed by atoms with E-state index in [9.17, 15) is 23.7 Å². The van der Waals surface area contributed by atoms with Crippen LogP contribution < -0.4 is 36.2 Å². The number of aromatic nitrogens is 2. The summed E-state index contributed by atoms with van der Waals surface area (Å²) in [5, 5.41) is 12.9. The van der Waals surface area contributed by atoms with Gasteiger partial charge in [-0.3, -0.25) is 29.4 Å². The minimum absolute atomic E-state index is 0.188. The van der Waals surface area contributed by atoms with Gasteiger partial charge >= 0.3 is 0 Å². The molecule has 0 aliphatic carbocycles. The maximum Gasteiger partial charge on any atom is 0.255 e. The number of para-hydroxylation sites is 1. The number of likely N-dealkylation sites (N-methyl/N-ethyl adjacent to an activating group) is 1. The number of nitrogens with one attached hydrogen (secondary N) is 4. The zero-order valence-electron chi connectivity index (χ0n) is 41.1. The van der Waals surface area contributed by atoms with Gasteiger partial charge in [-0.2, -0.15) is 4.98 Å². The van der Waals surface area contributed by atoms with E-state index in [4.69, 9.17) is 9.72 Å². The largest absolute Gasteiger partial charge is 0.494 e. The van der Waals surface area contributed by atoms with Crippen LogP contribution in [0, 0.1) is 11.8 Å². The van der Waals surface area contributed by atoms with Crippen LogP contribution in [0.4, 0.5) is 34.5 Å². The van der Waals surface area contributed by atoms with E-state index in [1.807, 2.05) is 73.6 Å².